The van der Waals surface area contributed by atoms with Gasteiger partial charge >= 0.3 is 23.9 Å². The molecule has 0 bridgehead atoms. The highest BCUT2D eigenvalue weighted by atomic mass is 16.4. The lowest BCUT2D eigenvalue weighted by atomic mass is 10.1. The van der Waals surface area contributed by atoms with Crippen LogP contribution in [0, 0.1) is 0 Å². The Bertz CT molecular complexity index is 786. The van der Waals surface area contributed by atoms with Gasteiger partial charge < -0.3 is 41.3 Å². The van der Waals surface area contributed by atoms with E-state index in [1.165, 1.54) is 77.0 Å². The summed E-state index contributed by atoms with van der Waals surface area (Å²) in [5.41, 5.74) is 0. The molecule has 0 aromatic rings. The van der Waals surface area contributed by atoms with Crippen LogP contribution in [-0.2, 0) is 28.8 Å². The number of carboxylic acids is 4. The third-order valence-electron chi connectivity index (χ3n) is 7.14. The normalized spacial score (nSPS) is 11.5. The molecule has 0 rings (SSSR count). The summed E-state index contributed by atoms with van der Waals surface area (Å²) in [6.45, 7) is 4.13. The summed E-state index contributed by atoms with van der Waals surface area (Å²) in [4.78, 5) is 65.8. The van der Waals surface area contributed by atoms with E-state index in [1.807, 2.05) is 0 Å². The molecule has 0 aromatic heterocycles. The summed E-state index contributed by atoms with van der Waals surface area (Å²) in [6, 6.07) is -2.69. The topological polar surface area (TPSA) is 248 Å². The van der Waals surface area contributed by atoms with Gasteiger partial charge in [0.05, 0.1) is 26.1 Å². The van der Waals surface area contributed by atoms with Crippen molar-refractivity contribution in [1.29, 1.82) is 0 Å². The van der Waals surface area contributed by atoms with Gasteiger partial charge in [-0.2, -0.15) is 0 Å². The Morgan fingerprint density at radius 2 is 0.688 bits per heavy atom. The highest BCUT2D eigenvalue weighted by molar-refractivity contribution is 5.87. The van der Waals surface area contributed by atoms with Gasteiger partial charge in [0.15, 0.2) is 0 Å². The Balaban J connectivity index is -0.000000758. The van der Waals surface area contributed by atoms with Gasteiger partial charge in [-0.1, -0.05) is 117 Å². The van der Waals surface area contributed by atoms with E-state index in [2.05, 4.69) is 24.5 Å². The number of nitrogens with one attached hydrogen (secondary N) is 2. The Labute approximate surface area is 286 Å². The Hall–Kier alpha value is -3.26. The first-order chi connectivity index (χ1) is 22.9. The van der Waals surface area contributed by atoms with Crippen molar-refractivity contribution in [2.45, 2.75) is 167 Å². The van der Waals surface area contributed by atoms with E-state index < -0.39 is 60.6 Å². The van der Waals surface area contributed by atoms with Crippen molar-refractivity contribution in [2.24, 2.45) is 0 Å². The number of hydrogen-bond acceptors (Lipinski definition) is 8. The smallest absolute Gasteiger partial charge is 0.326 e. The van der Waals surface area contributed by atoms with Crippen molar-refractivity contribution in [3.8, 4) is 0 Å². The fourth-order valence-electron chi connectivity index (χ4n) is 4.47. The molecule has 2 atom stereocenters. The van der Waals surface area contributed by atoms with Crippen LogP contribution in [0.25, 0.3) is 0 Å². The molecule has 0 aliphatic heterocycles. The van der Waals surface area contributed by atoms with Crippen molar-refractivity contribution in [3.05, 3.63) is 0 Å². The van der Waals surface area contributed by atoms with E-state index in [0.29, 0.717) is 12.8 Å². The Morgan fingerprint density at radius 1 is 0.438 bits per heavy atom. The molecule has 8 N–H and O–H groups in total. The Kier molecular flexibility index (Phi) is 37.4. The van der Waals surface area contributed by atoms with Gasteiger partial charge in [0.2, 0.25) is 11.8 Å². The first-order valence-electron chi connectivity index (χ1n) is 17.6. The van der Waals surface area contributed by atoms with Crippen molar-refractivity contribution < 1.29 is 59.4 Å². The summed E-state index contributed by atoms with van der Waals surface area (Å²) >= 11 is 0. The molecule has 0 radical (unpaired) electrons. The van der Waals surface area contributed by atoms with Crippen LogP contribution in [0.1, 0.15) is 155 Å². The zero-order valence-electron chi connectivity index (χ0n) is 29.3. The van der Waals surface area contributed by atoms with E-state index >= 15 is 0 Å². The van der Waals surface area contributed by atoms with E-state index in [9.17, 15) is 28.8 Å². The van der Waals surface area contributed by atoms with Gasteiger partial charge in [-0.25, -0.2) is 9.59 Å². The molecule has 0 aliphatic carbocycles. The minimum atomic E-state index is -1.34. The highest BCUT2D eigenvalue weighted by Gasteiger charge is 2.23. The molecule has 0 spiro atoms. The molecule has 0 saturated heterocycles. The predicted octanol–water partition coefficient (Wildman–Crippen LogP) is 4.87. The maximum Gasteiger partial charge on any atom is 0.326 e. The van der Waals surface area contributed by atoms with Crippen LogP contribution in [0.5, 0.6) is 0 Å². The lowest BCUT2D eigenvalue weighted by Crippen LogP contribution is -2.42. The predicted molar refractivity (Wildman–Crippen MR) is 181 cm³/mol. The van der Waals surface area contributed by atoms with Crippen LogP contribution in [0.15, 0.2) is 0 Å². The molecule has 0 aromatic carbocycles. The lowest BCUT2D eigenvalue weighted by Gasteiger charge is -2.12. The average Bonchev–Trinajstić information content (AvgIpc) is 3.02. The van der Waals surface area contributed by atoms with Gasteiger partial charge in [0.1, 0.15) is 12.1 Å². The summed E-state index contributed by atoms with van der Waals surface area (Å²) in [5.74, 6) is -5.90. The number of aliphatic carboxylic acids is 4. The summed E-state index contributed by atoms with van der Waals surface area (Å²) < 4.78 is 0. The van der Waals surface area contributed by atoms with Crippen LogP contribution in [-0.4, -0.2) is 91.6 Å². The van der Waals surface area contributed by atoms with Gasteiger partial charge in [-0.05, 0) is 12.8 Å². The van der Waals surface area contributed by atoms with Gasteiger partial charge in [0.25, 0.3) is 0 Å². The van der Waals surface area contributed by atoms with E-state index in [1.54, 1.807) is 0 Å². The fourth-order valence-corrected chi connectivity index (χ4v) is 4.47. The number of aliphatic hydroxyl groups is 2. The number of carbonyl (C=O) groups excluding carboxylic acids is 2. The molecule has 14 nitrogen and oxygen atoms in total. The largest absolute Gasteiger partial charge is 0.481 e. The standard InChI is InChI=1S/2C16H29NO5.C2H6O2/c2*1-2-3-4-5-6-7-8-9-10-11-14(18)17-13(16(21)22)12-15(19)20;3-1-2-4/h2*13H,2-12H2,1H3,(H,17,18)(H,19,20)(H,21,22);3-4H,1-2H2. The third kappa shape index (κ3) is 38.9. The van der Waals surface area contributed by atoms with Crippen molar-refractivity contribution >= 4 is 35.7 Å². The summed E-state index contributed by atoms with van der Waals surface area (Å²) in [6.07, 6.45) is 19.7. The number of aliphatic hydroxyl groups excluding tert-OH is 2. The quantitative estimate of drug-likeness (QED) is 0.0489. The number of carboxylic acid groups (broad SMARTS) is 4. The zero-order valence-corrected chi connectivity index (χ0v) is 29.3. The molecule has 0 saturated carbocycles. The molecule has 14 heteroatoms. The monoisotopic (exact) mass is 692 g/mol. The second-order valence-electron chi connectivity index (χ2n) is 11.7. The minimum Gasteiger partial charge on any atom is -0.481 e. The SMILES string of the molecule is CCCCCCCCCCCC(=O)NC(CC(=O)O)C(=O)O.CCCCCCCCCCCC(=O)NC(CC(=O)O)C(=O)O.OCCO. The average molecular weight is 693 g/mol. The molecule has 0 aliphatic rings. The molecular weight excluding hydrogens is 628 g/mol. The fraction of sp³-hybridized carbons (Fsp3) is 0.824. The molecule has 0 heterocycles. The van der Waals surface area contributed by atoms with Gasteiger partial charge in [0, 0.05) is 12.8 Å². The number of hydrogen-bond donors (Lipinski definition) is 8. The number of unbranched alkanes of at least 4 members (excludes halogenated alkanes) is 16. The molecule has 0 fully saturated rings. The van der Waals surface area contributed by atoms with Crippen LogP contribution in [0.4, 0.5) is 0 Å². The highest BCUT2D eigenvalue weighted by Crippen LogP contribution is 2.12. The molecule has 282 valence electrons. The second kappa shape index (κ2) is 36.6. The van der Waals surface area contributed by atoms with Crippen molar-refractivity contribution in [3.63, 3.8) is 0 Å². The number of amides is 2. The lowest BCUT2D eigenvalue weighted by molar-refractivity contribution is -0.147. The molecule has 2 amide bonds. The maximum atomic E-state index is 11.6. The first-order valence-corrected chi connectivity index (χ1v) is 17.6. The maximum absolute atomic E-state index is 11.6. The molecular formula is C34H64N2O12. The first kappa shape index (κ1) is 49.1. The van der Waals surface area contributed by atoms with E-state index in [-0.39, 0.29) is 26.1 Å². The van der Waals surface area contributed by atoms with Gasteiger partial charge in [-0.15, -0.1) is 0 Å². The zero-order chi connectivity index (χ0) is 37.0. The van der Waals surface area contributed by atoms with Crippen LogP contribution in [0.2, 0.25) is 0 Å². The summed E-state index contributed by atoms with van der Waals surface area (Å²) in [7, 11) is 0. The summed E-state index contributed by atoms with van der Waals surface area (Å²) in [5, 5.41) is 54.6. The van der Waals surface area contributed by atoms with Crippen molar-refractivity contribution in [2.75, 3.05) is 13.2 Å². The van der Waals surface area contributed by atoms with Crippen molar-refractivity contribution in [1.82, 2.24) is 10.6 Å². The van der Waals surface area contributed by atoms with E-state index in [0.717, 1.165) is 25.7 Å². The van der Waals surface area contributed by atoms with Gasteiger partial charge in [-0.3, -0.25) is 19.2 Å². The number of rotatable bonds is 29. The second-order valence-corrected chi connectivity index (χ2v) is 11.7. The third-order valence-corrected chi connectivity index (χ3v) is 7.14. The van der Waals surface area contributed by atoms with E-state index in [4.69, 9.17) is 30.6 Å². The number of carbonyl (C=O) groups is 6. The Morgan fingerprint density at radius 3 is 0.896 bits per heavy atom. The molecule has 2 unspecified atom stereocenters. The van der Waals surface area contributed by atoms with Crippen LogP contribution >= 0.6 is 0 Å². The van der Waals surface area contributed by atoms with Crippen LogP contribution < -0.4 is 10.6 Å². The van der Waals surface area contributed by atoms with Crippen LogP contribution in [0.3, 0.4) is 0 Å². The minimum absolute atomic E-state index is 0.125. The molecule has 48 heavy (non-hydrogen) atoms.